The van der Waals surface area contributed by atoms with Crippen LogP contribution in [-0.4, -0.2) is 31.3 Å². The van der Waals surface area contributed by atoms with Gasteiger partial charge in [-0.05, 0) is 11.5 Å². The number of rotatable bonds is 8. The largest absolute Gasteiger partial charge is 0.489 e. The summed E-state index contributed by atoms with van der Waals surface area (Å²) in [5.41, 5.74) is 0. The van der Waals surface area contributed by atoms with Crippen molar-refractivity contribution in [3.63, 3.8) is 0 Å². The Bertz CT molecular complexity index is 661. The summed E-state index contributed by atoms with van der Waals surface area (Å²) in [6, 6.07) is 14.4. The Morgan fingerprint density at radius 2 is 1.75 bits per heavy atom. The summed E-state index contributed by atoms with van der Waals surface area (Å²) in [5.74, 6) is 0.458. The minimum absolute atomic E-state index is 0.149. The van der Waals surface area contributed by atoms with Gasteiger partial charge in [0.15, 0.2) is 0 Å². The third-order valence-corrected chi connectivity index (χ3v) is 3.68. The van der Waals surface area contributed by atoms with E-state index in [1.807, 2.05) is 44.2 Å². The number of ether oxygens (including phenoxy) is 2. The minimum atomic E-state index is -0.318. The van der Waals surface area contributed by atoms with Crippen LogP contribution >= 0.6 is 0 Å². The van der Waals surface area contributed by atoms with E-state index in [-0.39, 0.29) is 18.0 Å². The van der Waals surface area contributed by atoms with Crippen LogP contribution in [0.4, 0.5) is 0 Å². The molecule has 2 rings (SSSR count). The number of benzene rings is 2. The Hall–Kier alpha value is -2.07. The maximum Gasteiger partial charge on any atom is 0.308 e. The average Bonchev–Trinajstić information content (AvgIpc) is 2.56. The van der Waals surface area contributed by atoms with Crippen LogP contribution in [-0.2, 0) is 9.53 Å². The maximum absolute atomic E-state index is 11.9. The second-order valence-corrected chi connectivity index (χ2v) is 6.56. The van der Waals surface area contributed by atoms with Crippen molar-refractivity contribution in [2.24, 2.45) is 5.92 Å². The molecule has 0 heterocycles. The second kappa shape index (κ2) is 8.69. The molecule has 0 amide bonds. The molecule has 1 N–H and O–H groups in total. The van der Waals surface area contributed by atoms with Gasteiger partial charge in [0.25, 0.3) is 0 Å². The summed E-state index contributed by atoms with van der Waals surface area (Å²) in [4.78, 5) is 11.9. The molecule has 0 spiro atoms. The summed E-state index contributed by atoms with van der Waals surface area (Å²) < 4.78 is 11.5. The molecule has 0 bridgehead atoms. The summed E-state index contributed by atoms with van der Waals surface area (Å²) in [6.45, 7) is 8.69. The monoisotopic (exact) mass is 329 g/mol. The van der Waals surface area contributed by atoms with Gasteiger partial charge in [0.05, 0.1) is 5.92 Å². The fourth-order valence-corrected chi connectivity index (χ4v) is 2.31. The van der Waals surface area contributed by atoms with Gasteiger partial charge < -0.3 is 14.8 Å². The van der Waals surface area contributed by atoms with Crippen LogP contribution in [0, 0.1) is 5.92 Å². The number of hydrogen-bond donors (Lipinski definition) is 1. The van der Waals surface area contributed by atoms with Crippen LogP contribution in [0.25, 0.3) is 10.8 Å². The molecular weight excluding hydrogens is 302 g/mol. The molecule has 1 atom stereocenters. The van der Waals surface area contributed by atoms with Crippen LogP contribution in [0.2, 0.25) is 0 Å². The van der Waals surface area contributed by atoms with Gasteiger partial charge in [-0.2, -0.15) is 0 Å². The third kappa shape index (κ3) is 5.24. The zero-order chi connectivity index (χ0) is 17.5. The normalized spacial score (nSPS) is 12.6. The highest BCUT2D eigenvalue weighted by Gasteiger charge is 2.18. The van der Waals surface area contributed by atoms with Crippen molar-refractivity contribution in [2.75, 3.05) is 13.2 Å². The molecule has 4 nitrogen and oxygen atoms in total. The van der Waals surface area contributed by atoms with E-state index in [9.17, 15) is 4.79 Å². The molecule has 0 radical (unpaired) electrons. The molecule has 4 heteroatoms. The van der Waals surface area contributed by atoms with Crippen molar-refractivity contribution in [1.29, 1.82) is 0 Å². The summed E-state index contributed by atoms with van der Waals surface area (Å²) in [5, 5.41) is 5.50. The number of fused-ring (bicyclic) bond motifs is 1. The first-order valence-corrected chi connectivity index (χ1v) is 8.51. The molecule has 24 heavy (non-hydrogen) atoms. The van der Waals surface area contributed by atoms with Crippen LogP contribution in [0.15, 0.2) is 42.5 Å². The van der Waals surface area contributed by atoms with Gasteiger partial charge >= 0.3 is 5.97 Å². The quantitative estimate of drug-likeness (QED) is 0.749. The first-order chi connectivity index (χ1) is 11.5. The third-order valence-electron chi connectivity index (χ3n) is 3.68. The highest BCUT2D eigenvalue weighted by molar-refractivity contribution is 5.88. The lowest BCUT2D eigenvalue weighted by molar-refractivity contribution is -0.154. The van der Waals surface area contributed by atoms with Gasteiger partial charge in [0, 0.05) is 18.0 Å². The fraction of sp³-hybridized carbons (Fsp3) is 0.450. The molecule has 2 aromatic carbocycles. The lowest BCUT2D eigenvalue weighted by Crippen LogP contribution is -2.39. The van der Waals surface area contributed by atoms with Crippen molar-refractivity contribution in [1.82, 2.24) is 5.32 Å². The van der Waals surface area contributed by atoms with E-state index in [1.165, 1.54) is 0 Å². The standard InChI is InChI=1S/C20H27NO3/c1-14(2)20(22)24-17(12-21-15(3)4)13-23-19-11-7-9-16-8-5-6-10-18(16)19/h5-11,14-15,17,21H,12-13H2,1-4H3/t17-/m1/s1. The van der Waals surface area contributed by atoms with E-state index in [0.717, 1.165) is 16.5 Å². The van der Waals surface area contributed by atoms with Gasteiger partial charge in [-0.1, -0.05) is 64.1 Å². The zero-order valence-electron chi connectivity index (χ0n) is 14.9. The van der Waals surface area contributed by atoms with E-state index in [0.29, 0.717) is 19.2 Å². The van der Waals surface area contributed by atoms with Crippen molar-refractivity contribution in [2.45, 2.75) is 39.8 Å². The smallest absolute Gasteiger partial charge is 0.308 e. The molecule has 0 fully saturated rings. The van der Waals surface area contributed by atoms with Gasteiger partial charge in [-0.3, -0.25) is 4.79 Å². The molecule has 0 aliphatic carbocycles. The fourth-order valence-electron chi connectivity index (χ4n) is 2.31. The van der Waals surface area contributed by atoms with E-state index in [2.05, 4.69) is 31.3 Å². The Balaban J connectivity index is 2.06. The number of hydrogen-bond acceptors (Lipinski definition) is 4. The van der Waals surface area contributed by atoms with E-state index >= 15 is 0 Å². The van der Waals surface area contributed by atoms with Crippen LogP contribution in [0.5, 0.6) is 5.75 Å². The van der Waals surface area contributed by atoms with Crippen molar-refractivity contribution < 1.29 is 14.3 Å². The van der Waals surface area contributed by atoms with Crippen LogP contribution < -0.4 is 10.1 Å². The molecule has 130 valence electrons. The van der Waals surface area contributed by atoms with Gasteiger partial charge in [-0.15, -0.1) is 0 Å². The lowest BCUT2D eigenvalue weighted by Gasteiger charge is -2.21. The SMILES string of the molecule is CC(C)NC[C@H](COc1cccc2ccccc12)OC(=O)C(C)C. The van der Waals surface area contributed by atoms with E-state index in [1.54, 1.807) is 0 Å². The summed E-state index contributed by atoms with van der Waals surface area (Å²) >= 11 is 0. The number of esters is 1. The first-order valence-electron chi connectivity index (χ1n) is 8.51. The first kappa shape index (κ1) is 18.3. The second-order valence-electron chi connectivity index (χ2n) is 6.56. The van der Waals surface area contributed by atoms with E-state index in [4.69, 9.17) is 9.47 Å². The average molecular weight is 329 g/mol. The zero-order valence-corrected chi connectivity index (χ0v) is 14.9. The van der Waals surface area contributed by atoms with Crippen molar-refractivity contribution in [3.8, 4) is 5.75 Å². The van der Waals surface area contributed by atoms with Gasteiger partial charge in [0.1, 0.15) is 18.5 Å². The minimum Gasteiger partial charge on any atom is -0.489 e. The lowest BCUT2D eigenvalue weighted by atomic mass is 10.1. The predicted octanol–water partition coefficient (Wildman–Crippen LogP) is 3.78. The Kier molecular flexibility index (Phi) is 6.62. The van der Waals surface area contributed by atoms with Gasteiger partial charge in [0.2, 0.25) is 0 Å². The molecule has 0 aromatic heterocycles. The highest BCUT2D eigenvalue weighted by Crippen LogP contribution is 2.25. The molecule has 2 aromatic rings. The molecular formula is C20H27NO3. The number of carbonyl (C=O) groups is 1. The van der Waals surface area contributed by atoms with Crippen LogP contribution in [0.3, 0.4) is 0 Å². The molecule has 0 saturated heterocycles. The van der Waals surface area contributed by atoms with E-state index < -0.39 is 0 Å². The number of nitrogens with one attached hydrogen (secondary N) is 1. The molecule has 0 unspecified atom stereocenters. The maximum atomic E-state index is 11.9. The Morgan fingerprint density at radius 3 is 2.46 bits per heavy atom. The Labute approximate surface area is 144 Å². The molecule has 0 saturated carbocycles. The summed E-state index contributed by atoms with van der Waals surface area (Å²) in [6.07, 6.45) is -0.318. The van der Waals surface area contributed by atoms with Crippen LogP contribution in [0.1, 0.15) is 27.7 Å². The Morgan fingerprint density at radius 1 is 1.04 bits per heavy atom. The predicted molar refractivity (Wildman–Crippen MR) is 97.3 cm³/mol. The summed E-state index contributed by atoms with van der Waals surface area (Å²) in [7, 11) is 0. The topological polar surface area (TPSA) is 47.6 Å². The highest BCUT2D eigenvalue weighted by atomic mass is 16.6. The number of carbonyl (C=O) groups excluding carboxylic acids is 1. The molecule has 0 aliphatic rings. The van der Waals surface area contributed by atoms with Crippen molar-refractivity contribution in [3.05, 3.63) is 42.5 Å². The van der Waals surface area contributed by atoms with Gasteiger partial charge in [-0.25, -0.2) is 0 Å². The van der Waals surface area contributed by atoms with Crippen molar-refractivity contribution >= 4 is 16.7 Å². The molecule has 0 aliphatic heterocycles.